The maximum atomic E-state index is 16.7. The van der Waals surface area contributed by atoms with Crippen LogP contribution in [0.2, 0.25) is 0 Å². The molecule has 1 aliphatic carbocycles. The lowest BCUT2D eigenvalue weighted by atomic mass is 10.0. The van der Waals surface area contributed by atoms with Crippen LogP contribution in [-0.2, 0) is 0 Å². The summed E-state index contributed by atoms with van der Waals surface area (Å²) in [5, 5.41) is 12.9. The number of nitrogens with zero attached hydrogens (tertiary/aromatic N) is 6. The van der Waals surface area contributed by atoms with E-state index in [9.17, 15) is 27.6 Å². The number of hydrogen-bond donors (Lipinski definition) is 2. The van der Waals surface area contributed by atoms with Crippen molar-refractivity contribution in [3.8, 4) is 23.3 Å². The Morgan fingerprint density at radius 3 is 2.51 bits per heavy atom. The van der Waals surface area contributed by atoms with E-state index in [-0.39, 0.29) is 55.5 Å². The number of ether oxygens (including phenoxy) is 1. The van der Waals surface area contributed by atoms with Crippen LogP contribution >= 0.6 is 11.3 Å². The Kier molecular flexibility index (Phi) is 7.72. The first-order chi connectivity index (χ1) is 23.5. The average Bonchev–Trinajstić information content (AvgIpc) is 3.53. The minimum absolute atomic E-state index is 0.0182. The monoisotopic (exact) mass is 700 g/mol. The van der Waals surface area contributed by atoms with Crippen molar-refractivity contribution in [1.29, 1.82) is 5.26 Å². The molecule has 0 amide bonds. The molecule has 5 atom stereocenters. The molecule has 4 aliphatic heterocycles. The summed E-state index contributed by atoms with van der Waals surface area (Å²) in [6, 6.07) is 3.12. The van der Waals surface area contributed by atoms with Gasteiger partial charge in [-0.05, 0) is 50.8 Å². The number of hydrogen-bond acceptors (Lipinski definition) is 10. The van der Waals surface area contributed by atoms with Gasteiger partial charge in [0.15, 0.2) is 5.82 Å². The summed E-state index contributed by atoms with van der Waals surface area (Å²) in [5.41, 5.74) is 3.88. The molecule has 49 heavy (non-hydrogen) atoms. The van der Waals surface area contributed by atoms with Gasteiger partial charge in [-0.25, -0.2) is 22.0 Å². The second-order valence-corrected chi connectivity index (χ2v) is 14.5. The van der Waals surface area contributed by atoms with Gasteiger partial charge in [0.1, 0.15) is 45.8 Å². The molecule has 3 aromatic heterocycles. The van der Waals surface area contributed by atoms with Gasteiger partial charge in [-0.2, -0.15) is 15.2 Å². The third-order valence-corrected chi connectivity index (χ3v) is 11.4. The minimum Gasteiger partial charge on any atom is -0.467 e. The molecule has 2 bridgehead atoms. The second kappa shape index (κ2) is 11.8. The highest BCUT2D eigenvalue weighted by Gasteiger charge is 2.60. The summed E-state index contributed by atoms with van der Waals surface area (Å²) < 4.78 is 79.3. The molecule has 10 nitrogen and oxygen atoms in total. The normalized spacial score (nSPS) is 26.9. The number of nitrogens with two attached hydrogens (primary N) is 1. The zero-order valence-corrected chi connectivity index (χ0v) is 27.3. The van der Waals surface area contributed by atoms with Gasteiger partial charge in [0, 0.05) is 55.1 Å². The molecule has 1 saturated carbocycles. The Morgan fingerprint density at radius 1 is 1.12 bits per heavy atom. The van der Waals surface area contributed by atoms with Crippen molar-refractivity contribution < 1.29 is 26.7 Å². The maximum Gasteiger partial charge on any atom is 0.318 e. The third kappa shape index (κ3) is 5.28. The first-order valence-corrected chi connectivity index (χ1v) is 17.2. The lowest BCUT2D eigenvalue weighted by molar-refractivity contribution is 0.100. The van der Waals surface area contributed by atoms with E-state index in [2.05, 4.69) is 20.2 Å². The van der Waals surface area contributed by atoms with Crippen molar-refractivity contribution in [3.63, 3.8) is 0 Å². The van der Waals surface area contributed by atoms with Gasteiger partial charge in [0.05, 0.1) is 23.1 Å². The zero-order chi connectivity index (χ0) is 34.4. The highest BCUT2D eigenvalue weighted by atomic mass is 32.1. The Hall–Kier alpha value is -4.07. The van der Waals surface area contributed by atoms with Crippen molar-refractivity contribution in [2.75, 3.05) is 43.9 Å². The number of methoxy groups -OCH3 is 1. The predicted octanol–water partition coefficient (Wildman–Crippen LogP) is 5.13. The van der Waals surface area contributed by atoms with Crippen molar-refractivity contribution in [1.82, 2.24) is 24.8 Å². The van der Waals surface area contributed by atoms with E-state index in [4.69, 9.17) is 10.5 Å². The van der Waals surface area contributed by atoms with E-state index in [1.165, 1.54) is 26.0 Å². The topological polar surface area (TPSA) is 125 Å². The second-order valence-electron chi connectivity index (χ2n) is 13.5. The number of nitrogens with one attached hydrogen (secondary N) is 1. The first-order valence-electron chi connectivity index (χ1n) is 16.4. The molecular formula is C33H33F5N8O2S. The Labute approximate surface area is 281 Å². The largest absolute Gasteiger partial charge is 0.467 e. The van der Waals surface area contributed by atoms with Crippen molar-refractivity contribution in [2.24, 2.45) is 0 Å². The lowest BCUT2D eigenvalue weighted by Gasteiger charge is -2.34. The number of piperazine rings is 1. The number of rotatable bonds is 4. The van der Waals surface area contributed by atoms with Crippen LogP contribution in [-0.4, -0.2) is 82.9 Å². The number of nitriles is 1. The lowest BCUT2D eigenvalue weighted by Crippen LogP contribution is -2.51. The molecule has 4 saturated heterocycles. The van der Waals surface area contributed by atoms with Gasteiger partial charge in [-0.1, -0.05) is 0 Å². The maximum absolute atomic E-state index is 16.7. The minimum atomic E-state index is -3.27. The molecular weight excluding hydrogens is 667 g/mol. The van der Waals surface area contributed by atoms with E-state index in [1.807, 2.05) is 11.0 Å². The summed E-state index contributed by atoms with van der Waals surface area (Å²) >= 11 is 0.780. The molecule has 9 rings (SSSR count). The number of nitrogen functional groups attached to an aromatic ring is 1. The van der Waals surface area contributed by atoms with Crippen molar-refractivity contribution in [2.45, 2.75) is 74.8 Å². The molecule has 4 aromatic rings. The van der Waals surface area contributed by atoms with Crippen LogP contribution in [0.1, 0.15) is 50.1 Å². The standard InChI is InChI=1S/C26H21F4N7O2S.C7H12FN/c1-39-25-34-19-17(23(35-25)36-8-10-2-3-11(9-36)33-10)24(38)37(15-6-26(15,29)30)20(18(19)28)12-4-5-14(27)21-16(12)13(7-31)22(32)40-21;8-6-4-7-2-1-3-9(7)5-6/h4-5,10-11,15,33H,2-3,6,8-9,32H2,1H3;6-7H,1-5H2. The summed E-state index contributed by atoms with van der Waals surface area (Å²) in [4.78, 5) is 26.8. The van der Waals surface area contributed by atoms with Crippen LogP contribution in [0.5, 0.6) is 6.01 Å². The number of aromatic nitrogens is 3. The van der Waals surface area contributed by atoms with Crippen LogP contribution in [0.4, 0.5) is 32.8 Å². The Morgan fingerprint density at radius 2 is 1.86 bits per heavy atom. The number of alkyl halides is 3. The Balaban J connectivity index is 0.000000334. The van der Waals surface area contributed by atoms with Crippen LogP contribution < -0.4 is 26.2 Å². The van der Waals surface area contributed by atoms with Crippen LogP contribution in [0.3, 0.4) is 0 Å². The van der Waals surface area contributed by atoms with Crippen molar-refractivity contribution >= 4 is 43.1 Å². The smallest absolute Gasteiger partial charge is 0.318 e. The van der Waals surface area contributed by atoms with E-state index in [0.29, 0.717) is 25.7 Å². The first kappa shape index (κ1) is 32.2. The van der Waals surface area contributed by atoms with Crippen LogP contribution in [0, 0.1) is 23.0 Å². The highest BCUT2D eigenvalue weighted by Crippen LogP contribution is 2.54. The summed E-state index contributed by atoms with van der Waals surface area (Å²) in [7, 11) is 1.30. The zero-order valence-electron chi connectivity index (χ0n) is 26.5. The van der Waals surface area contributed by atoms with Gasteiger partial charge in [0.2, 0.25) is 0 Å². The number of halogens is 5. The molecule has 16 heteroatoms. The SMILES string of the molecule is COc1nc(N2CC3CCC(C2)N3)c2c(=O)n(C3CC3(F)F)c(-c3ccc(F)c4sc(N)c(C#N)c34)c(F)c2n1.FC1CC2CCCN2C1. The molecule has 5 aliphatic rings. The van der Waals surface area contributed by atoms with Gasteiger partial charge in [0.25, 0.3) is 11.5 Å². The number of pyridine rings is 1. The van der Waals surface area contributed by atoms with Gasteiger partial charge in [-0.15, -0.1) is 11.3 Å². The Bertz CT molecular complexity index is 2080. The molecule has 0 spiro atoms. The summed E-state index contributed by atoms with van der Waals surface area (Å²) in [5.74, 6) is -4.97. The molecule has 3 N–H and O–H groups in total. The third-order valence-electron chi connectivity index (χ3n) is 10.4. The van der Waals surface area contributed by atoms with E-state index < -0.39 is 53.0 Å². The molecule has 7 heterocycles. The number of fused-ring (bicyclic) bond motifs is 5. The summed E-state index contributed by atoms with van der Waals surface area (Å²) in [6.07, 6.45) is 3.97. The van der Waals surface area contributed by atoms with Crippen molar-refractivity contribution in [3.05, 3.63) is 39.7 Å². The number of anilines is 2. The van der Waals surface area contributed by atoms with Crippen LogP contribution in [0.15, 0.2) is 16.9 Å². The number of benzene rings is 1. The van der Waals surface area contributed by atoms with Gasteiger partial charge >= 0.3 is 6.01 Å². The van der Waals surface area contributed by atoms with E-state index in [1.54, 1.807) is 0 Å². The molecule has 5 fully saturated rings. The number of thiophene rings is 1. The fourth-order valence-corrected chi connectivity index (χ4v) is 9.01. The molecule has 0 radical (unpaired) electrons. The highest BCUT2D eigenvalue weighted by molar-refractivity contribution is 7.23. The summed E-state index contributed by atoms with van der Waals surface area (Å²) in [6.45, 7) is 2.81. The van der Waals surface area contributed by atoms with E-state index in [0.717, 1.165) is 47.8 Å². The molecule has 5 unspecified atom stereocenters. The predicted molar refractivity (Wildman–Crippen MR) is 175 cm³/mol. The fourth-order valence-electron chi connectivity index (χ4n) is 8.06. The fraction of sp³-hybridized carbons (Fsp3) is 0.515. The van der Waals surface area contributed by atoms with E-state index >= 15 is 4.39 Å². The quantitative estimate of drug-likeness (QED) is 0.279. The molecule has 1 aromatic carbocycles. The average molecular weight is 701 g/mol. The molecule has 258 valence electrons. The van der Waals surface area contributed by atoms with Crippen LogP contribution in [0.25, 0.3) is 32.2 Å². The van der Waals surface area contributed by atoms with Gasteiger partial charge in [-0.3, -0.25) is 14.3 Å². The van der Waals surface area contributed by atoms with Gasteiger partial charge < -0.3 is 20.7 Å².